The Bertz CT molecular complexity index is 698. The molecule has 3 nitrogen and oxygen atoms in total. The minimum absolute atomic E-state index is 0.777. The number of hydrogen-bond donors (Lipinski definition) is 1. The van der Waals surface area contributed by atoms with Gasteiger partial charge in [0.1, 0.15) is 0 Å². The summed E-state index contributed by atoms with van der Waals surface area (Å²) in [5, 5.41) is 1.21. The van der Waals surface area contributed by atoms with Crippen LogP contribution in [0.25, 0.3) is 10.9 Å². The van der Waals surface area contributed by atoms with Gasteiger partial charge in [0.25, 0.3) is 0 Å². The number of nitrogens with zero attached hydrogens (tertiary/aromatic N) is 2. The van der Waals surface area contributed by atoms with Crippen molar-refractivity contribution in [2.45, 2.75) is 13.5 Å². The maximum absolute atomic E-state index is 5.85. The van der Waals surface area contributed by atoms with Gasteiger partial charge in [-0.2, -0.15) is 0 Å². The van der Waals surface area contributed by atoms with Crippen molar-refractivity contribution in [2.75, 3.05) is 5.73 Å². The van der Waals surface area contributed by atoms with Gasteiger partial charge in [0.05, 0.1) is 17.8 Å². The zero-order chi connectivity index (χ0) is 12.5. The Morgan fingerprint density at radius 1 is 1.22 bits per heavy atom. The van der Waals surface area contributed by atoms with Crippen molar-refractivity contribution >= 4 is 16.6 Å². The van der Waals surface area contributed by atoms with Crippen LogP contribution >= 0.6 is 0 Å². The zero-order valence-corrected chi connectivity index (χ0v) is 10.3. The number of pyridine rings is 1. The van der Waals surface area contributed by atoms with Gasteiger partial charge in [-0.05, 0) is 42.1 Å². The van der Waals surface area contributed by atoms with Crippen LogP contribution in [-0.4, -0.2) is 9.55 Å². The average molecular weight is 237 g/mol. The van der Waals surface area contributed by atoms with E-state index in [1.54, 1.807) is 0 Å². The van der Waals surface area contributed by atoms with Crippen LogP contribution in [0.5, 0.6) is 0 Å². The van der Waals surface area contributed by atoms with E-state index in [0.29, 0.717) is 0 Å². The second-order valence-electron chi connectivity index (χ2n) is 4.53. The van der Waals surface area contributed by atoms with Gasteiger partial charge in [0.15, 0.2) is 0 Å². The van der Waals surface area contributed by atoms with Crippen molar-refractivity contribution in [1.82, 2.24) is 9.55 Å². The number of aromatic nitrogens is 2. The summed E-state index contributed by atoms with van der Waals surface area (Å²) in [6.45, 7) is 2.86. The highest BCUT2D eigenvalue weighted by Crippen LogP contribution is 2.20. The van der Waals surface area contributed by atoms with Crippen molar-refractivity contribution < 1.29 is 0 Å². The minimum atomic E-state index is 0.777. The molecule has 90 valence electrons. The van der Waals surface area contributed by atoms with E-state index in [1.165, 1.54) is 10.9 Å². The molecule has 1 aromatic carbocycles. The molecule has 2 N–H and O–H groups in total. The lowest BCUT2D eigenvalue weighted by molar-refractivity contribution is 0.800. The first kappa shape index (κ1) is 10.8. The Hall–Kier alpha value is -2.29. The molecule has 0 radical (unpaired) electrons. The lowest BCUT2D eigenvalue weighted by atomic mass is 10.2. The predicted octanol–water partition coefficient (Wildman–Crippen LogP) is 2.98. The van der Waals surface area contributed by atoms with Gasteiger partial charge in [-0.15, -0.1) is 0 Å². The Kier molecular flexibility index (Phi) is 2.52. The summed E-state index contributed by atoms with van der Waals surface area (Å²) in [6.07, 6.45) is 3.92. The fraction of sp³-hybridized carbons (Fsp3) is 0.133. The summed E-state index contributed by atoms with van der Waals surface area (Å²) in [4.78, 5) is 4.43. The Morgan fingerprint density at radius 2 is 2.11 bits per heavy atom. The van der Waals surface area contributed by atoms with E-state index in [-0.39, 0.29) is 0 Å². The molecular formula is C15H15N3. The summed E-state index contributed by atoms with van der Waals surface area (Å²) < 4.78 is 2.18. The second-order valence-corrected chi connectivity index (χ2v) is 4.53. The third-order valence-corrected chi connectivity index (χ3v) is 3.24. The van der Waals surface area contributed by atoms with Gasteiger partial charge >= 0.3 is 0 Å². The molecule has 0 atom stereocenters. The minimum Gasteiger partial charge on any atom is -0.399 e. The number of nitrogen functional groups attached to an aromatic ring is 1. The number of anilines is 1. The number of benzene rings is 1. The smallest absolute Gasteiger partial charge is 0.0651 e. The first-order valence-electron chi connectivity index (χ1n) is 5.99. The fourth-order valence-electron chi connectivity index (χ4n) is 2.18. The summed E-state index contributed by atoms with van der Waals surface area (Å²) in [5.41, 5.74) is 10.1. The second kappa shape index (κ2) is 4.18. The van der Waals surface area contributed by atoms with Gasteiger partial charge in [-0.1, -0.05) is 12.1 Å². The molecule has 0 saturated heterocycles. The largest absolute Gasteiger partial charge is 0.399 e. The van der Waals surface area contributed by atoms with Crippen molar-refractivity contribution in [2.24, 2.45) is 0 Å². The number of hydrogen-bond acceptors (Lipinski definition) is 2. The fourth-order valence-corrected chi connectivity index (χ4v) is 2.18. The first-order valence-corrected chi connectivity index (χ1v) is 5.99. The summed E-state index contributed by atoms with van der Waals surface area (Å²) >= 11 is 0. The number of nitrogens with two attached hydrogens (primary N) is 1. The quantitative estimate of drug-likeness (QED) is 0.696. The van der Waals surface area contributed by atoms with E-state index < -0.39 is 0 Å². The maximum Gasteiger partial charge on any atom is 0.0651 e. The van der Waals surface area contributed by atoms with E-state index >= 15 is 0 Å². The monoisotopic (exact) mass is 237 g/mol. The van der Waals surface area contributed by atoms with E-state index in [9.17, 15) is 0 Å². The van der Waals surface area contributed by atoms with Crippen LogP contribution in [0.1, 0.15) is 11.3 Å². The predicted molar refractivity (Wildman–Crippen MR) is 74.4 cm³/mol. The SMILES string of the molecule is Cc1cccnc1Cn1ccc2ccc(N)cc21. The lowest BCUT2D eigenvalue weighted by Crippen LogP contribution is -2.02. The summed E-state index contributed by atoms with van der Waals surface area (Å²) in [5.74, 6) is 0. The molecule has 3 rings (SSSR count). The first-order chi connectivity index (χ1) is 8.74. The molecule has 0 spiro atoms. The third-order valence-electron chi connectivity index (χ3n) is 3.24. The van der Waals surface area contributed by atoms with Crippen molar-refractivity contribution in [3.63, 3.8) is 0 Å². The highest BCUT2D eigenvalue weighted by molar-refractivity contribution is 5.83. The van der Waals surface area contributed by atoms with Gasteiger partial charge in [-0.3, -0.25) is 4.98 Å². The topological polar surface area (TPSA) is 43.8 Å². The molecule has 0 bridgehead atoms. The van der Waals surface area contributed by atoms with E-state index in [0.717, 1.165) is 23.4 Å². The van der Waals surface area contributed by atoms with Crippen molar-refractivity contribution in [1.29, 1.82) is 0 Å². The Labute approximate surface area is 106 Å². The highest BCUT2D eigenvalue weighted by atomic mass is 15.0. The summed E-state index contributed by atoms with van der Waals surface area (Å²) in [6, 6.07) is 12.1. The number of rotatable bonds is 2. The molecule has 0 unspecified atom stereocenters. The molecule has 3 aromatic rings. The molecule has 0 fully saturated rings. The summed E-state index contributed by atoms with van der Waals surface area (Å²) in [7, 11) is 0. The third kappa shape index (κ3) is 1.84. The van der Waals surface area contributed by atoms with Gasteiger partial charge in [0.2, 0.25) is 0 Å². The van der Waals surface area contributed by atoms with Crippen LogP contribution in [0.3, 0.4) is 0 Å². The van der Waals surface area contributed by atoms with E-state index in [4.69, 9.17) is 5.73 Å². The normalized spacial score (nSPS) is 10.9. The van der Waals surface area contributed by atoms with Crippen LogP contribution in [0.4, 0.5) is 5.69 Å². The molecule has 2 heterocycles. The molecule has 18 heavy (non-hydrogen) atoms. The van der Waals surface area contributed by atoms with E-state index in [1.807, 2.05) is 30.5 Å². The molecule has 0 aliphatic carbocycles. The van der Waals surface area contributed by atoms with Gasteiger partial charge in [-0.25, -0.2) is 0 Å². The standard InChI is InChI=1S/C15H15N3/c1-11-3-2-7-17-14(11)10-18-8-6-12-4-5-13(16)9-15(12)18/h2-9H,10,16H2,1H3. The molecule has 0 aliphatic rings. The van der Waals surface area contributed by atoms with Crippen molar-refractivity contribution in [3.05, 3.63) is 60.0 Å². The molecule has 0 amide bonds. The molecule has 2 aromatic heterocycles. The lowest BCUT2D eigenvalue weighted by Gasteiger charge is -2.07. The number of aryl methyl sites for hydroxylation is 1. The van der Waals surface area contributed by atoms with Crippen LogP contribution < -0.4 is 5.73 Å². The number of fused-ring (bicyclic) bond motifs is 1. The van der Waals surface area contributed by atoms with Crippen LogP contribution in [-0.2, 0) is 6.54 Å². The van der Waals surface area contributed by atoms with Gasteiger partial charge < -0.3 is 10.3 Å². The van der Waals surface area contributed by atoms with Gasteiger partial charge in [0, 0.05) is 18.1 Å². The Morgan fingerprint density at radius 3 is 2.94 bits per heavy atom. The maximum atomic E-state index is 5.85. The molecule has 3 heteroatoms. The molecule has 0 saturated carbocycles. The van der Waals surface area contributed by atoms with E-state index in [2.05, 4.69) is 34.8 Å². The van der Waals surface area contributed by atoms with Crippen molar-refractivity contribution in [3.8, 4) is 0 Å². The highest BCUT2D eigenvalue weighted by Gasteiger charge is 2.04. The zero-order valence-electron chi connectivity index (χ0n) is 10.3. The Balaban J connectivity index is 2.05. The van der Waals surface area contributed by atoms with Crippen LogP contribution in [0, 0.1) is 6.92 Å². The molecular weight excluding hydrogens is 222 g/mol. The van der Waals surface area contributed by atoms with Crippen LogP contribution in [0.2, 0.25) is 0 Å². The average Bonchev–Trinajstić information content (AvgIpc) is 2.75. The van der Waals surface area contributed by atoms with Crippen LogP contribution in [0.15, 0.2) is 48.8 Å². The molecule has 0 aliphatic heterocycles.